The Hall–Kier alpha value is -1.40. The molecule has 0 saturated carbocycles. The highest BCUT2D eigenvalue weighted by Crippen LogP contribution is 2.34. The first kappa shape index (κ1) is 15.1. The van der Waals surface area contributed by atoms with Crippen molar-refractivity contribution in [3.05, 3.63) is 17.5 Å². The standard InChI is InChI=1S/C17H25N3O3/c1-12-8-14(18-23-12)10-19-7-4-13-9-15(22-16(13)11-19)17(21)20-5-2-3-6-20/h8,13,15-16H,2-7,9-11H2,1H3/t13-,15-,16-/m0/s1. The minimum atomic E-state index is -0.211. The fourth-order valence-electron chi connectivity index (χ4n) is 4.16. The van der Waals surface area contributed by atoms with Crippen LogP contribution in [-0.2, 0) is 16.1 Å². The summed E-state index contributed by atoms with van der Waals surface area (Å²) in [4.78, 5) is 16.9. The van der Waals surface area contributed by atoms with Crippen LogP contribution < -0.4 is 0 Å². The predicted molar refractivity (Wildman–Crippen MR) is 83.7 cm³/mol. The maximum Gasteiger partial charge on any atom is 0.251 e. The van der Waals surface area contributed by atoms with Gasteiger partial charge in [0.2, 0.25) is 0 Å². The number of ether oxygens (including phenoxy) is 1. The Morgan fingerprint density at radius 2 is 2.17 bits per heavy atom. The number of carbonyl (C=O) groups excluding carboxylic acids is 1. The fraction of sp³-hybridized carbons (Fsp3) is 0.765. The molecule has 0 unspecified atom stereocenters. The Morgan fingerprint density at radius 1 is 1.35 bits per heavy atom. The Labute approximate surface area is 136 Å². The van der Waals surface area contributed by atoms with Crippen molar-refractivity contribution in [1.29, 1.82) is 0 Å². The van der Waals surface area contributed by atoms with Crippen molar-refractivity contribution in [3.63, 3.8) is 0 Å². The first-order valence-corrected chi connectivity index (χ1v) is 8.78. The van der Waals surface area contributed by atoms with Crippen molar-refractivity contribution < 1.29 is 14.1 Å². The summed E-state index contributed by atoms with van der Waals surface area (Å²) in [7, 11) is 0. The van der Waals surface area contributed by atoms with E-state index in [1.54, 1.807) is 0 Å². The lowest BCUT2D eigenvalue weighted by molar-refractivity contribution is -0.142. The van der Waals surface area contributed by atoms with Crippen LogP contribution in [0, 0.1) is 12.8 Å². The number of likely N-dealkylation sites (tertiary alicyclic amines) is 2. The van der Waals surface area contributed by atoms with Gasteiger partial charge in [-0.2, -0.15) is 0 Å². The zero-order valence-electron chi connectivity index (χ0n) is 13.7. The molecule has 3 atom stereocenters. The summed E-state index contributed by atoms with van der Waals surface area (Å²) < 4.78 is 11.3. The number of aromatic nitrogens is 1. The number of amides is 1. The van der Waals surface area contributed by atoms with Gasteiger partial charge in [-0.1, -0.05) is 5.16 Å². The molecule has 6 nitrogen and oxygen atoms in total. The van der Waals surface area contributed by atoms with Gasteiger partial charge in [0.1, 0.15) is 11.9 Å². The van der Waals surface area contributed by atoms with Crippen LogP contribution in [-0.4, -0.2) is 59.3 Å². The van der Waals surface area contributed by atoms with Gasteiger partial charge in [0.25, 0.3) is 5.91 Å². The lowest BCUT2D eigenvalue weighted by Crippen LogP contribution is -2.42. The normalized spacial score (nSPS) is 31.5. The summed E-state index contributed by atoms with van der Waals surface area (Å²) in [5.41, 5.74) is 0.976. The molecule has 0 aliphatic carbocycles. The van der Waals surface area contributed by atoms with Gasteiger partial charge in [0.05, 0.1) is 11.8 Å². The van der Waals surface area contributed by atoms with E-state index in [2.05, 4.69) is 10.1 Å². The largest absolute Gasteiger partial charge is 0.364 e. The molecule has 1 aromatic heterocycles. The molecule has 3 aliphatic heterocycles. The van der Waals surface area contributed by atoms with Crippen LogP contribution in [0.1, 0.15) is 37.1 Å². The zero-order valence-corrected chi connectivity index (χ0v) is 13.7. The third-order valence-electron chi connectivity index (χ3n) is 5.39. The topological polar surface area (TPSA) is 58.8 Å². The molecule has 3 saturated heterocycles. The van der Waals surface area contributed by atoms with Crippen LogP contribution in [0.25, 0.3) is 0 Å². The van der Waals surface area contributed by atoms with E-state index >= 15 is 0 Å². The van der Waals surface area contributed by atoms with Gasteiger partial charge in [-0.15, -0.1) is 0 Å². The number of aryl methyl sites for hydroxylation is 1. The number of hydrogen-bond donors (Lipinski definition) is 0. The summed E-state index contributed by atoms with van der Waals surface area (Å²) in [6.45, 7) is 6.46. The van der Waals surface area contributed by atoms with Gasteiger partial charge < -0.3 is 14.2 Å². The molecular formula is C17H25N3O3. The first-order chi connectivity index (χ1) is 11.2. The number of nitrogens with zero attached hydrogens (tertiary/aromatic N) is 3. The molecule has 3 fully saturated rings. The summed E-state index contributed by atoms with van der Waals surface area (Å²) in [6, 6.07) is 1.99. The molecule has 126 valence electrons. The van der Waals surface area contributed by atoms with E-state index in [9.17, 15) is 4.79 Å². The third-order valence-corrected chi connectivity index (χ3v) is 5.39. The Bertz CT molecular complexity index is 567. The lowest BCUT2D eigenvalue weighted by Gasteiger charge is -2.33. The average molecular weight is 319 g/mol. The average Bonchev–Trinajstić information content (AvgIpc) is 3.26. The van der Waals surface area contributed by atoms with Crippen LogP contribution in [0.5, 0.6) is 0 Å². The SMILES string of the molecule is Cc1cc(CN2CC[C@H]3C[C@@H](C(=O)N4CCCC4)O[C@H]3C2)no1. The van der Waals surface area contributed by atoms with Gasteiger partial charge in [0.15, 0.2) is 0 Å². The van der Waals surface area contributed by atoms with Crippen LogP contribution in [0.3, 0.4) is 0 Å². The Balaban J connectivity index is 1.34. The van der Waals surface area contributed by atoms with E-state index in [-0.39, 0.29) is 18.1 Å². The number of fused-ring (bicyclic) bond motifs is 1. The molecule has 23 heavy (non-hydrogen) atoms. The van der Waals surface area contributed by atoms with Gasteiger partial charge in [0, 0.05) is 32.2 Å². The highest BCUT2D eigenvalue weighted by molar-refractivity contribution is 5.81. The molecule has 1 aromatic rings. The van der Waals surface area contributed by atoms with Gasteiger partial charge in [-0.25, -0.2) is 0 Å². The third kappa shape index (κ3) is 3.15. The van der Waals surface area contributed by atoms with Crippen molar-refractivity contribution in [3.8, 4) is 0 Å². The second-order valence-electron chi connectivity index (χ2n) is 7.14. The summed E-state index contributed by atoms with van der Waals surface area (Å²) in [6.07, 6.45) is 4.25. The lowest BCUT2D eigenvalue weighted by atomic mass is 9.91. The van der Waals surface area contributed by atoms with Crippen LogP contribution in [0.15, 0.2) is 10.6 Å². The van der Waals surface area contributed by atoms with Gasteiger partial charge >= 0.3 is 0 Å². The van der Waals surface area contributed by atoms with Gasteiger partial charge in [-0.05, 0) is 45.1 Å². The number of piperidine rings is 1. The van der Waals surface area contributed by atoms with Crippen molar-refractivity contribution in [2.24, 2.45) is 5.92 Å². The van der Waals surface area contributed by atoms with E-state index < -0.39 is 0 Å². The second-order valence-corrected chi connectivity index (χ2v) is 7.14. The quantitative estimate of drug-likeness (QED) is 0.847. The molecular weight excluding hydrogens is 294 g/mol. The van der Waals surface area contributed by atoms with Crippen molar-refractivity contribution in [1.82, 2.24) is 15.0 Å². The van der Waals surface area contributed by atoms with E-state index in [1.807, 2.05) is 17.9 Å². The summed E-state index contributed by atoms with van der Waals surface area (Å²) in [5.74, 6) is 1.60. The van der Waals surface area contributed by atoms with Crippen LogP contribution in [0.2, 0.25) is 0 Å². The van der Waals surface area contributed by atoms with E-state index in [0.717, 1.165) is 69.9 Å². The molecule has 0 N–H and O–H groups in total. The predicted octanol–water partition coefficient (Wildman–Crippen LogP) is 1.58. The molecule has 0 bridgehead atoms. The summed E-state index contributed by atoms with van der Waals surface area (Å²) in [5, 5.41) is 4.07. The minimum Gasteiger partial charge on any atom is -0.364 e. The smallest absolute Gasteiger partial charge is 0.251 e. The number of hydrogen-bond acceptors (Lipinski definition) is 5. The van der Waals surface area contributed by atoms with Crippen molar-refractivity contribution in [2.45, 2.75) is 51.4 Å². The Kier molecular flexibility index (Phi) is 4.11. The maximum absolute atomic E-state index is 12.5. The molecule has 0 aromatic carbocycles. The highest BCUT2D eigenvalue weighted by Gasteiger charge is 2.43. The number of carbonyl (C=O) groups is 1. The second kappa shape index (κ2) is 6.24. The Morgan fingerprint density at radius 3 is 2.91 bits per heavy atom. The highest BCUT2D eigenvalue weighted by atomic mass is 16.5. The fourth-order valence-corrected chi connectivity index (χ4v) is 4.16. The van der Waals surface area contributed by atoms with Gasteiger partial charge in [-0.3, -0.25) is 9.69 Å². The molecule has 0 spiro atoms. The van der Waals surface area contributed by atoms with Crippen LogP contribution in [0.4, 0.5) is 0 Å². The van der Waals surface area contributed by atoms with Crippen molar-refractivity contribution >= 4 is 5.91 Å². The molecule has 4 heterocycles. The van der Waals surface area contributed by atoms with E-state index in [0.29, 0.717) is 5.92 Å². The molecule has 3 aliphatic rings. The molecule has 0 radical (unpaired) electrons. The maximum atomic E-state index is 12.5. The minimum absolute atomic E-state index is 0.188. The van der Waals surface area contributed by atoms with Crippen molar-refractivity contribution in [2.75, 3.05) is 26.2 Å². The molecule has 1 amide bonds. The summed E-state index contributed by atoms with van der Waals surface area (Å²) >= 11 is 0. The molecule has 6 heteroatoms. The monoisotopic (exact) mass is 319 g/mol. The van der Waals surface area contributed by atoms with Crippen LogP contribution >= 0.6 is 0 Å². The first-order valence-electron chi connectivity index (χ1n) is 8.78. The number of rotatable bonds is 3. The van der Waals surface area contributed by atoms with E-state index in [4.69, 9.17) is 9.26 Å². The molecule has 4 rings (SSSR count). The van der Waals surface area contributed by atoms with E-state index in [1.165, 1.54) is 0 Å². The zero-order chi connectivity index (χ0) is 15.8.